The maximum Gasteiger partial charge on any atom is 0.191 e. The van der Waals surface area contributed by atoms with Crippen LogP contribution in [-0.2, 0) is 4.43 Å². The van der Waals surface area contributed by atoms with E-state index in [2.05, 4.69) is 40.8 Å². The normalized spacial score (nSPS) is 23.6. The molecule has 1 nitrogen and oxygen atoms in total. The van der Waals surface area contributed by atoms with Crippen LogP contribution in [0.5, 0.6) is 0 Å². The first-order valence-corrected chi connectivity index (χ1v) is 11.9. The summed E-state index contributed by atoms with van der Waals surface area (Å²) in [5, 5.41) is 0.281. The van der Waals surface area contributed by atoms with Crippen LogP contribution in [0, 0.1) is 5.92 Å². The Kier molecular flexibility index (Phi) is 5.98. The van der Waals surface area contributed by atoms with Gasteiger partial charge in [-0.25, -0.2) is 0 Å². The molecule has 0 N–H and O–H groups in total. The van der Waals surface area contributed by atoms with Gasteiger partial charge in [-0.1, -0.05) is 27.7 Å². The molecule has 1 aliphatic rings. The summed E-state index contributed by atoms with van der Waals surface area (Å²) in [7, 11) is -1.62. The molecule has 0 unspecified atom stereocenters. The molecule has 0 aliphatic carbocycles. The van der Waals surface area contributed by atoms with E-state index in [4.69, 9.17) is 5.80 Å². The number of hydrogen-bond acceptors (Lipinski definition) is 3. The van der Waals surface area contributed by atoms with Gasteiger partial charge in [0.1, 0.15) is 0 Å². The molecule has 18 heavy (non-hydrogen) atoms. The van der Waals surface area contributed by atoms with Crippen LogP contribution in [0.15, 0.2) is 0 Å². The summed E-state index contributed by atoms with van der Waals surface area (Å²) in [6.07, 6.45) is 2.26. The van der Waals surface area contributed by atoms with E-state index >= 15 is 0 Å². The van der Waals surface area contributed by atoms with Crippen molar-refractivity contribution >= 4 is 31.8 Å². The van der Waals surface area contributed by atoms with Crippen molar-refractivity contribution in [2.75, 3.05) is 18.1 Å². The minimum absolute atomic E-state index is 0.281. The third-order valence-electron chi connectivity index (χ3n) is 4.00. The van der Waals surface area contributed by atoms with Crippen molar-refractivity contribution in [3.63, 3.8) is 0 Å². The van der Waals surface area contributed by atoms with E-state index in [0.29, 0.717) is 5.92 Å². The van der Waals surface area contributed by atoms with Gasteiger partial charge in [-0.05, 0) is 48.4 Å². The quantitative estimate of drug-likeness (QED) is 0.644. The van der Waals surface area contributed by atoms with Crippen LogP contribution < -0.4 is 0 Å². The van der Waals surface area contributed by atoms with Gasteiger partial charge >= 0.3 is 0 Å². The molecule has 0 radical (unpaired) electrons. The summed E-state index contributed by atoms with van der Waals surface area (Å²) in [5.41, 5.74) is 0. The fourth-order valence-electron chi connectivity index (χ4n) is 1.56. The Morgan fingerprint density at radius 3 is 2.39 bits per heavy atom. The lowest BCUT2D eigenvalue weighted by molar-refractivity contribution is 0.264. The Morgan fingerprint density at radius 1 is 1.33 bits per heavy atom. The van der Waals surface area contributed by atoms with Crippen molar-refractivity contribution in [2.24, 2.45) is 5.92 Å². The monoisotopic (exact) mass is 307 g/mol. The van der Waals surface area contributed by atoms with Gasteiger partial charge in [-0.3, -0.25) is 0 Å². The van der Waals surface area contributed by atoms with Crippen LogP contribution in [0.2, 0.25) is 18.1 Å². The van der Waals surface area contributed by atoms with Crippen LogP contribution in [0.3, 0.4) is 0 Å². The first kappa shape index (κ1) is 15.3. The van der Waals surface area contributed by atoms with Crippen molar-refractivity contribution < 1.29 is 5.80 Å². The van der Waals surface area contributed by atoms with Crippen molar-refractivity contribution in [2.45, 2.75) is 63.2 Å². The van der Waals surface area contributed by atoms with E-state index in [1.54, 1.807) is 0 Å². The van der Waals surface area contributed by atoms with Crippen LogP contribution in [0.4, 0.5) is 0 Å². The van der Waals surface area contributed by atoms with Crippen molar-refractivity contribution in [3.05, 3.63) is 0 Å². The highest BCUT2D eigenvalue weighted by Crippen LogP contribution is 2.39. The summed E-state index contributed by atoms with van der Waals surface area (Å²) in [6, 6.07) is 0. The van der Waals surface area contributed by atoms with Crippen molar-refractivity contribution in [1.82, 2.24) is 0 Å². The summed E-state index contributed by atoms with van der Waals surface area (Å²) in [6.45, 7) is 14.5. The SMILES string of the molecule is [2H]C1([C@@H](C)CCO[Si](C)(C)C(C)(C)C)SCCCS1. The zero-order chi connectivity index (χ0) is 14.7. The Morgan fingerprint density at radius 2 is 1.89 bits per heavy atom. The van der Waals surface area contributed by atoms with Gasteiger partial charge in [0.25, 0.3) is 0 Å². The van der Waals surface area contributed by atoms with Gasteiger partial charge < -0.3 is 4.43 Å². The second-order valence-corrected chi connectivity index (χ2v) is 14.0. The lowest BCUT2D eigenvalue weighted by Gasteiger charge is -2.37. The summed E-state index contributed by atoms with van der Waals surface area (Å²) < 4.78 is 14.5. The average Bonchev–Trinajstić information content (AvgIpc) is 2.28. The molecular formula is C14H30OS2Si. The minimum Gasteiger partial charge on any atom is -0.417 e. The highest BCUT2D eigenvalue weighted by atomic mass is 32.2. The molecule has 0 aromatic heterocycles. The Labute approximate surface area is 125 Å². The van der Waals surface area contributed by atoms with Crippen LogP contribution >= 0.6 is 23.5 Å². The second kappa shape index (κ2) is 7.05. The average molecular weight is 308 g/mol. The van der Waals surface area contributed by atoms with Crippen LogP contribution in [-0.4, -0.2) is 31.0 Å². The molecular weight excluding hydrogens is 276 g/mol. The van der Waals surface area contributed by atoms with E-state index in [0.717, 1.165) is 24.5 Å². The summed E-state index contributed by atoms with van der Waals surface area (Å²) in [5.74, 6) is 2.68. The Hall–Kier alpha value is 0.877. The smallest absolute Gasteiger partial charge is 0.191 e. The predicted octanol–water partition coefficient (Wildman–Crippen LogP) is 5.23. The number of rotatable bonds is 5. The predicted molar refractivity (Wildman–Crippen MR) is 90.3 cm³/mol. The molecule has 1 heterocycles. The fourth-order valence-corrected chi connectivity index (χ4v) is 5.42. The number of thioether (sulfide) groups is 2. The summed E-state index contributed by atoms with van der Waals surface area (Å²) >= 11 is 3.65. The topological polar surface area (TPSA) is 9.23 Å². The van der Waals surface area contributed by atoms with E-state index in [1.807, 2.05) is 23.5 Å². The summed E-state index contributed by atoms with van der Waals surface area (Å²) in [4.78, 5) is 0. The van der Waals surface area contributed by atoms with E-state index < -0.39 is 8.32 Å². The largest absolute Gasteiger partial charge is 0.417 e. The fraction of sp³-hybridized carbons (Fsp3) is 1.00. The van der Waals surface area contributed by atoms with Crippen LogP contribution in [0.1, 0.15) is 41.9 Å². The van der Waals surface area contributed by atoms with Gasteiger partial charge in [0.2, 0.25) is 0 Å². The minimum atomic E-state index is -1.62. The molecule has 0 bridgehead atoms. The van der Waals surface area contributed by atoms with E-state index in [1.165, 1.54) is 6.42 Å². The van der Waals surface area contributed by atoms with Crippen molar-refractivity contribution in [1.29, 1.82) is 0 Å². The Bertz CT molecular complexity index is 286. The Balaban J connectivity index is 2.40. The first-order chi connectivity index (χ1) is 8.58. The molecule has 0 saturated carbocycles. The van der Waals surface area contributed by atoms with E-state index in [-0.39, 0.29) is 9.60 Å². The molecule has 0 aromatic carbocycles. The third kappa shape index (κ3) is 5.10. The molecule has 1 fully saturated rings. The van der Waals surface area contributed by atoms with Gasteiger partial charge in [-0.2, -0.15) is 0 Å². The molecule has 0 amide bonds. The zero-order valence-corrected chi connectivity index (χ0v) is 15.5. The molecule has 1 aliphatic heterocycles. The van der Waals surface area contributed by atoms with Crippen molar-refractivity contribution in [3.8, 4) is 0 Å². The van der Waals surface area contributed by atoms with Crippen LogP contribution in [0.25, 0.3) is 0 Å². The highest BCUT2D eigenvalue weighted by Gasteiger charge is 2.37. The maximum absolute atomic E-state index is 8.57. The molecule has 4 heteroatoms. The second-order valence-electron chi connectivity index (χ2n) is 6.67. The molecule has 1 atom stereocenters. The first-order valence-electron chi connectivity index (χ1n) is 7.50. The lowest BCUT2D eigenvalue weighted by Crippen LogP contribution is -2.41. The third-order valence-corrected chi connectivity index (χ3v) is 11.6. The van der Waals surface area contributed by atoms with Gasteiger partial charge in [-0.15, -0.1) is 23.5 Å². The lowest BCUT2D eigenvalue weighted by atomic mass is 10.1. The maximum atomic E-state index is 8.57. The highest BCUT2D eigenvalue weighted by molar-refractivity contribution is 8.17. The molecule has 0 aromatic rings. The van der Waals surface area contributed by atoms with E-state index in [9.17, 15) is 0 Å². The number of hydrogen-bond donors (Lipinski definition) is 0. The van der Waals surface area contributed by atoms with Gasteiger partial charge in [0.15, 0.2) is 8.32 Å². The van der Waals surface area contributed by atoms with Gasteiger partial charge in [0.05, 0.1) is 5.93 Å². The molecule has 0 spiro atoms. The molecule has 1 rings (SSSR count). The molecule has 108 valence electrons. The zero-order valence-electron chi connectivity index (χ0n) is 13.8. The molecule has 1 saturated heterocycles. The standard InChI is InChI=1S/C14H30OS2Si/c1-12(13-16-10-7-11-17-13)8-9-15-18(5,6)14(2,3)4/h12-13H,7-11H2,1-6H3/t12-/m0/s1/i13D. The van der Waals surface area contributed by atoms with Gasteiger partial charge in [0, 0.05) is 6.61 Å².